The first-order valence-corrected chi connectivity index (χ1v) is 6.73. The minimum Gasteiger partial charge on any atom is -0.454 e. The van der Waals surface area contributed by atoms with Crippen LogP contribution >= 0.6 is 0 Å². The smallest absolute Gasteiger partial charge is 0.238 e. The summed E-state index contributed by atoms with van der Waals surface area (Å²) in [5.74, 6) is 1.45. The van der Waals surface area contributed by atoms with Crippen LogP contribution in [0.4, 0.5) is 5.69 Å². The van der Waals surface area contributed by atoms with Crippen LogP contribution in [-0.2, 0) is 4.79 Å². The van der Waals surface area contributed by atoms with Crippen molar-refractivity contribution >= 4 is 11.6 Å². The van der Waals surface area contributed by atoms with Crippen molar-refractivity contribution in [3.63, 3.8) is 0 Å². The molecule has 1 fully saturated rings. The van der Waals surface area contributed by atoms with Crippen molar-refractivity contribution in [1.82, 2.24) is 4.90 Å². The first-order valence-electron chi connectivity index (χ1n) is 6.73. The highest BCUT2D eigenvalue weighted by Gasteiger charge is 2.16. The summed E-state index contributed by atoms with van der Waals surface area (Å²) in [6.45, 7) is 2.76. The second-order valence-corrected chi connectivity index (χ2v) is 4.95. The topological polar surface area (TPSA) is 50.8 Å². The van der Waals surface area contributed by atoms with Gasteiger partial charge in [-0.1, -0.05) is 6.42 Å². The molecule has 102 valence electrons. The third-order valence-electron chi connectivity index (χ3n) is 3.47. The normalized spacial score (nSPS) is 18.3. The molecule has 1 aromatic carbocycles. The second-order valence-electron chi connectivity index (χ2n) is 4.95. The number of nitrogens with one attached hydrogen (secondary N) is 1. The van der Waals surface area contributed by atoms with Gasteiger partial charge in [0.1, 0.15) is 0 Å². The number of likely N-dealkylation sites (tertiary alicyclic amines) is 1. The van der Waals surface area contributed by atoms with Crippen molar-refractivity contribution in [2.45, 2.75) is 19.3 Å². The van der Waals surface area contributed by atoms with Gasteiger partial charge in [-0.2, -0.15) is 0 Å². The molecule has 0 aliphatic carbocycles. The van der Waals surface area contributed by atoms with Gasteiger partial charge in [-0.15, -0.1) is 0 Å². The molecule has 0 unspecified atom stereocenters. The van der Waals surface area contributed by atoms with Gasteiger partial charge >= 0.3 is 0 Å². The molecule has 5 nitrogen and oxygen atoms in total. The van der Waals surface area contributed by atoms with Crippen LogP contribution in [0.3, 0.4) is 0 Å². The highest BCUT2D eigenvalue weighted by molar-refractivity contribution is 5.92. The number of piperidine rings is 1. The Morgan fingerprint density at radius 3 is 2.79 bits per heavy atom. The van der Waals surface area contributed by atoms with E-state index in [1.54, 1.807) is 6.07 Å². The molecule has 2 aliphatic heterocycles. The molecule has 5 heteroatoms. The predicted molar refractivity (Wildman–Crippen MR) is 71.5 cm³/mol. The van der Waals surface area contributed by atoms with Crippen LogP contribution in [0.5, 0.6) is 11.5 Å². The lowest BCUT2D eigenvalue weighted by molar-refractivity contribution is -0.117. The SMILES string of the molecule is O=C(CN1CCCCC1)Nc1ccc2c(c1)OCO2. The molecule has 1 aromatic rings. The van der Waals surface area contributed by atoms with Crippen molar-refractivity contribution < 1.29 is 14.3 Å². The number of fused-ring (bicyclic) bond motifs is 1. The van der Waals surface area contributed by atoms with Crippen molar-refractivity contribution in [2.75, 3.05) is 31.7 Å². The van der Waals surface area contributed by atoms with E-state index in [-0.39, 0.29) is 12.7 Å². The Bertz CT molecular complexity index is 470. The molecule has 1 saturated heterocycles. The second kappa shape index (κ2) is 5.48. The summed E-state index contributed by atoms with van der Waals surface area (Å²) in [5.41, 5.74) is 0.756. The van der Waals surface area contributed by atoms with E-state index in [0.29, 0.717) is 12.3 Å². The zero-order chi connectivity index (χ0) is 13.1. The number of carbonyl (C=O) groups excluding carboxylic acids is 1. The van der Waals surface area contributed by atoms with E-state index >= 15 is 0 Å². The Hall–Kier alpha value is -1.75. The van der Waals surface area contributed by atoms with E-state index in [9.17, 15) is 4.79 Å². The Morgan fingerprint density at radius 2 is 1.95 bits per heavy atom. The summed E-state index contributed by atoms with van der Waals surface area (Å²) < 4.78 is 10.5. The van der Waals surface area contributed by atoms with Crippen molar-refractivity contribution in [1.29, 1.82) is 0 Å². The van der Waals surface area contributed by atoms with Crippen LogP contribution in [0.25, 0.3) is 0 Å². The lowest BCUT2D eigenvalue weighted by atomic mass is 10.1. The van der Waals surface area contributed by atoms with Gasteiger partial charge in [-0.05, 0) is 38.1 Å². The average molecular weight is 262 g/mol. The number of anilines is 1. The number of rotatable bonds is 3. The zero-order valence-corrected chi connectivity index (χ0v) is 10.9. The molecule has 0 saturated carbocycles. The van der Waals surface area contributed by atoms with Crippen molar-refractivity contribution in [2.24, 2.45) is 0 Å². The summed E-state index contributed by atoms with van der Waals surface area (Å²) in [7, 11) is 0. The average Bonchev–Trinajstić information content (AvgIpc) is 2.87. The standard InChI is InChI=1S/C14H18N2O3/c17-14(9-16-6-2-1-3-7-16)15-11-4-5-12-13(8-11)19-10-18-12/h4-5,8H,1-3,6-7,9-10H2,(H,15,17). The predicted octanol–water partition coefficient (Wildman–Crippen LogP) is 1.84. The minimum atomic E-state index is 0.0285. The minimum absolute atomic E-state index is 0.0285. The van der Waals surface area contributed by atoms with Gasteiger partial charge in [0.25, 0.3) is 0 Å². The van der Waals surface area contributed by atoms with E-state index in [1.165, 1.54) is 19.3 Å². The van der Waals surface area contributed by atoms with Gasteiger partial charge in [-0.25, -0.2) is 0 Å². The Kier molecular flexibility index (Phi) is 3.55. The number of carbonyl (C=O) groups is 1. The first kappa shape index (κ1) is 12.3. The molecule has 1 N–H and O–H groups in total. The monoisotopic (exact) mass is 262 g/mol. The quantitative estimate of drug-likeness (QED) is 0.903. The van der Waals surface area contributed by atoms with Crippen LogP contribution in [0, 0.1) is 0 Å². The first-order chi connectivity index (χ1) is 9.31. The Labute approximate surface area is 112 Å². The van der Waals surface area contributed by atoms with Crippen LogP contribution in [0.15, 0.2) is 18.2 Å². The lowest BCUT2D eigenvalue weighted by Gasteiger charge is -2.25. The van der Waals surface area contributed by atoms with E-state index in [1.807, 2.05) is 12.1 Å². The number of hydrogen-bond donors (Lipinski definition) is 1. The van der Waals surface area contributed by atoms with Crippen molar-refractivity contribution in [3.8, 4) is 11.5 Å². The molecule has 0 radical (unpaired) electrons. The lowest BCUT2D eigenvalue weighted by Crippen LogP contribution is -2.36. The van der Waals surface area contributed by atoms with Gasteiger partial charge in [0.05, 0.1) is 6.54 Å². The van der Waals surface area contributed by atoms with E-state index in [4.69, 9.17) is 9.47 Å². The fourth-order valence-corrected chi connectivity index (χ4v) is 2.50. The van der Waals surface area contributed by atoms with Gasteiger partial charge in [0, 0.05) is 11.8 Å². The van der Waals surface area contributed by atoms with Gasteiger partial charge in [0.2, 0.25) is 12.7 Å². The zero-order valence-electron chi connectivity index (χ0n) is 10.9. The summed E-state index contributed by atoms with van der Waals surface area (Å²) in [5, 5.41) is 2.90. The van der Waals surface area contributed by atoms with E-state index < -0.39 is 0 Å². The summed E-state index contributed by atoms with van der Waals surface area (Å²) >= 11 is 0. The maximum atomic E-state index is 12.0. The number of benzene rings is 1. The highest BCUT2D eigenvalue weighted by atomic mass is 16.7. The van der Waals surface area contributed by atoms with Gasteiger partial charge in [-0.3, -0.25) is 9.69 Å². The molecule has 3 rings (SSSR count). The molecule has 0 aromatic heterocycles. The Morgan fingerprint density at radius 1 is 1.16 bits per heavy atom. The number of nitrogens with zero attached hydrogens (tertiary/aromatic N) is 1. The van der Waals surface area contributed by atoms with Crippen LogP contribution in [-0.4, -0.2) is 37.2 Å². The molecular formula is C14H18N2O3. The fourth-order valence-electron chi connectivity index (χ4n) is 2.50. The molecule has 2 aliphatic rings. The van der Waals surface area contributed by atoms with E-state index in [2.05, 4.69) is 10.2 Å². The summed E-state index contributed by atoms with van der Waals surface area (Å²) in [6, 6.07) is 5.46. The Balaban J connectivity index is 1.56. The highest BCUT2D eigenvalue weighted by Crippen LogP contribution is 2.34. The number of ether oxygens (including phenoxy) is 2. The third-order valence-corrected chi connectivity index (χ3v) is 3.47. The molecule has 1 amide bonds. The van der Waals surface area contributed by atoms with E-state index in [0.717, 1.165) is 24.5 Å². The molecule has 0 atom stereocenters. The number of hydrogen-bond acceptors (Lipinski definition) is 4. The maximum Gasteiger partial charge on any atom is 0.238 e. The van der Waals surface area contributed by atoms with Crippen molar-refractivity contribution in [3.05, 3.63) is 18.2 Å². The maximum absolute atomic E-state index is 12.0. The van der Waals surface area contributed by atoms with Crippen LogP contribution in [0.2, 0.25) is 0 Å². The fraction of sp³-hybridized carbons (Fsp3) is 0.500. The molecule has 0 bridgehead atoms. The number of amides is 1. The van der Waals surface area contributed by atoms with Crippen LogP contribution < -0.4 is 14.8 Å². The molecule has 2 heterocycles. The van der Waals surface area contributed by atoms with Gasteiger partial charge in [0.15, 0.2) is 11.5 Å². The third kappa shape index (κ3) is 2.98. The summed E-state index contributed by atoms with van der Waals surface area (Å²) in [4.78, 5) is 14.2. The largest absolute Gasteiger partial charge is 0.454 e. The molecule has 19 heavy (non-hydrogen) atoms. The van der Waals surface area contributed by atoms with Crippen LogP contribution in [0.1, 0.15) is 19.3 Å². The summed E-state index contributed by atoms with van der Waals surface area (Å²) in [6.07, 6.45) is 3.66. The van der Waals surface area contributed by atoms with Gasteiger partial charge < -0.3 is 14.8 Å². The molecule has 0 spiro atoms. The molecular weight excluding hydrogens is 244 g/mol.